The van der Waals surface area contributed by atoms with Crippen LogP contribution in [-0.2, 0) is 0 Å². The number of fused-ring (bicyclic) bond motifs is 1. The zero-order valence-electron chi connectivity index (χ0n) is 16.5. The lowest BCUT2D eigenvalue weighted by molar-refractivity contribution is 0.0955. The standard InChI is InChI=1S/C23H25N3O2/c1-15-11-16(14-23(2,3)13-15)25-26-22(27)18-12-20(21-9-6-10-28-21)24-19-8-5-4-7-17(18)19/h4-10,12,15H,11,13-14H2,1-3H3,(H,26,27)/b25-16-/t15-/m0/s1. The van der Waals surface area contributed by atoms with E-state index in [0.717, 1.165) is 29.5 Å². The van der Waals surface area contributed by atoms with Gasteiger partial charge in [0.25, 0.3) is 5.91 Å². The lowest BCUT2D eigenvalue weighted by atomic mass is 9.72. The summed E-state index contributed by atoms with van der Waals surface area (Å²) < 4.78 is 5.47. The zero-order chi connectivity index (χ0) is 19.7. The van der Waals surface area contributed by atoms with Gasteiger partial charge in [-0.3, -0.25) is 4.79 Å². The molecule has 3 aromatic rings. The molecule has 0 radical (unpaired) electrons. The molecule has 1 fully saturated rings. The highest BCUT2D eigenvalue weighted by Gasteiger charge is 2.29. The Morgan fingerprint density at radius 1 is 1.25 bits per heavy atom. The summed E-state index contributed by atoms with van der Waals surface area (Å²) in [4.78, 5) is 17.6. The number of carbonyl (C=O) groups excluding carboxylic acids is 1. The van der Waals surface area contributed by atoms with Gasteiger partial charge < -0.3 is 4.42 Å². The first-order valence-corrected chi connectivity index (χ1v) is 9.71. The monoisotopic (exact) mass is 375 g/mol. The Kier molecular flexibility index (Phi) is 4.75. The molecule has 2 heterocycles. The second kappa shape index (κ2) is 7.23. The summed E-state index contributed by atoms with van der Waals surface area (Å²) in [6.45, 7) is 6.75. The fourth-order valence-corrected chi connectivity index (χ4v) is 4.30. The largest absolute Gasteiger partial charge is 0.463 e. The molecule has 0 unspecified atom stereocenters. The van der Waals surface area contributed by atoms with Crippen LogP contribution in [0.2, 0.25) is 0 Å². The average molecular weight is 375 g/mol. The van der Waals surface area contributed by atoms with Gasteiger partial charge in [-0.05, 0) is 54.9 Å². The lowest BCUT2D eigenvalue weighted by Crippen LogP contribution is -2.30. The van der Waals surface area contributed by atoms with Crippen LogP contribution < -0.4 is 5.43 Å². The number of aromatic nitrogens is 1. The van der Waals surface area contributed by atoms with Gasteiger partial charge in [-0.15, -0.1) is 0 Å². The van der Waals surface area contributed by atoms with Crippen molar-refractivity contribution in [2.75, 3.05) is 0 Å². The minimum absolute atomic E-state index is 0.219. The smallest absolute Gasteiger partial charge is 0.272 e. The summed E-state index contributed by atoms with van der Waals surface area (Å²) in [5.74, 6) is 0.982. The van der Waals surface area contributed by atoms with E-state index in [0.29, 0.717) is 22.9 Å². The Hall–Kier alpha value is -2.95. The quantitative estimate of drug-likeness (QED) is 0.621. The molecule has 1 aliphatic rings. The van der Waals surface area contributed by atoms with Crippen LogP contribution >= 0.6 is 0 Å². The summed E-state index contributed by atoms with van der Waals surface area (Å²) in [6.07, 6.45) is 4.62. The van der Waals surface area contributed by atoms with E-state index in [4.69, 9.17) is 4.42 Å². The predicted octanol–water partition coefficient (Wildman–Crippen LogP) is 5.43. The van der Waals surface area contributed by atoms with Gasteiger partial charge in [0.1, 0.15) is 5.69 Å². The van der Waals surface area contributed by atoms with Crippen molar-refractivity contribution in [1.29, 1.82) is 0 Å². The van der Waals surface area contributed by atoms with Gasteiger partial charge in [-0.1, -0.05) is 39.0 Å². The molecule has 1 aliphatic carbocycles. The van der Waals surface area contributed by atoms with E-state index < -0.39 is 0 Å². The molecule has 144 valence electrons. The van der Waals surface area contributed by atoms with E-state index in [9.17, 15) is 4.79 Å². The maximum atomic E-state index is 13.0. The maximum Gasteiger partial charge on any atom is 0.272 e. The van der Waals surface area contributed by atoms with Gasteiger partial charge in [0.05, 0.1) is 17.3 Å². The van der Waals surface area contributed by atoms with Gasteiger partial charge in [-0.2, -0.15) is 5.10 Å². The van der Waals surface area contributed by atoms with Crippen LogP contribution in [0, 0.1) is 11.3 Å². The fourth-order valence-electron chi connectivity index (χ4n) is 4.30. The second-order valence-electron chi connectivity index (χ2n) is 8.52. The minimum Gasteiger partial charge on any atom is -0.463 e. The lowest BCUT2D eigenvalue weighted by Gasteiger charge is -2.34. The van der Waals surface area contributed by atoms with E-state index in [-0.39, 0.29) is 11.3 Å². The van der Waals surface area contributed by atoms with Crippen molar-refractivity contribution in [1.82, 2.24) is 10.4 Å². The van der Waals surface area contributed by atoms with E-state index in [1.54, 1.807) is 12.3 Å². The van der Waals surface area contributed by atoms with Crippen LogP contribution in [0.1, 0.15) is 50.4 Å². The van der Waals surface area contributed by atoms with Gasteiger partial charge in [0.15, 0.2) is 5.76 Å². The Morgan fingerprint density at radius 2 is 2.07 bits per heavy atom. The van der Waals surface area contributed by atoms with E-state index in [1.807, 2.05) is 36.4 Å². The van der Waals surface area contributed by atoms with Crippen molar-refractivity contribution in [3.63, 3.8) is 0 Å². The number of hydrazone groups is 1. The van der Waals surface area contributed by atoms with Crippen molar-refractivity contribution in [3.8, 4) is 11.5 Å². The van der Waals surface area contributed by atoms with Crippen molar-refractivity contribution in [3.05, 3.63) is 54.3 Å². The molecule has 0 bridgehead atoms. The van der Waals surface area contributed by atoms with Crippen molar-refractivity contribution >= 4 is 22.5 Å². The molecule has 1 aromatic carbocycles. The highest BCUT2D eigenvalue weighted by molar-refractivity contribution is 6.07. The van der Waals surface area contributed by atoms with Crippen LogP contribution in [0.25, 0.3) is 22.4 Å². The number of para-hydroxylation sites is 1. The minimum atomic E-state index is -0.227. The third-order valence-electron chi connectivity index (χ3n) is 5.22. The van der Waals surface area contributed by atoms with Crippen molar-refractivity contribution in [2.24, 2.45) is 16.4 Å². The number of rotatable bonds is 3. The second-order valence-corrected chi connectivity index (χ2v) is 8.52. The Morgan fingerprint density at radius 3 is 2.82 bits per heavy atom. The molecule has 1 N–H and O–H groups in total. The number of pyridine rings is 1. The Balaban J connectivity index is 1.66. The molecular formula is C23H25N3O2. The third-order valence-corrected chi connectivity index (χ3v) is 5.22. The molecule has 1 amide bonds. The Labute approximate surface area is 164 Å². The van der Waals surface area contributed by atoms with Gasteiger partial charge >= 0.3 is 0 Å². The van der Waals surface area contributed by atoms with Crippen LogP contribution in [0.15, 0.2) is 58.2 Å². The highest BCUT2D eigenvalue weighted by atomic mass is 16.3. The molecule has 0 aliphatic heterocycles. The number of carbonyl (C=O) groups is 1. The molecule has 2 aromatic heterocycles. The normalized spacial score (nSPS) is 20.4. The average Bonchev–Trinajstić information content (AvgIpc) is 3.18. The summed E-state index contributed by atoms with van der Waals surface area (Å²) >= 11 is 0. The van der Waals surface area contributed by atoms with E-state index >= 15 is 0 Å². The maximum absolute atomic E-state index is 13.0. The van der Waals surface area contributed by atoms with Crippen LogP contribution in [0.5, 0.6) is 0 Å². The number of benzene rings is 1. The van der Waals surface area contributed by atoms with Gasteiger partial charge in [0.2, 0.25) is 0 Å². The summed E-state index contributed by atoms with van der Waals surface area (Å²) in [5.41, 5.74) is 5.99. The number of furan rings is 1. The first-order chi connectivity index (χ1) is 13.4. The summed E-state index contributed by atoms with van der Waals surface area (Å²) in [6, 6.07) is 13.0. The first-order valence-electron chi connectivity index (χ1n) is 9.71. The molecule has 1 atom stereocenters. The number of hydrogen-bond acceptors (Lipinski definition) is 4. The number of hydrogen-bond donors (Lipinski definition) is 1. The molecule has 0 spiro atoms. The van der Waals surface area contributed by atoms with Crippen LogP contribution in [0.3, 0.4) is 0 Å². The number of amides is 1. The van der Waals surface area contributed by atoms with Crippen LogP contribution in [0.4, 0.5) is 0 Å². The van der Waals surface area contributed by atoms with Crippen LogP contribution in [-0.4, -0.2) is 16.6 Å². The summed E-state index contributed by atoms with van der Waals surface area (Å²) in [5, 5.41) is 5.28. The molecule has 0 saturated heterocycles. The highest BCUT2D eigenvalue weighted by Crippen LogP contribution is 2.37. The van der Waals surface area contributed by atoms with Crippen molar-refractivity contribution in [2.45, 2.75) is 40.0 Å². The van der Waals surface area contributed by atoms with Gasteiger partial charge in [-0.25, -0.2) is 10.4 Å². The molecule has 1 saturated carbocycles. The molecule has 28 heavy (non-hydrogen) atoms. The van der Waals surface area contributed by atoms with E-state index in [2.05, 4.69) is 36.3 Å². The topological polar surface area (TPSA) is 67.5 Å². The molecule has 5 heteroatoms. The Bertz CT molecular complexity index is 1040. The number of nitrogens with one attached hydrogen (secondary N) is 1. The van der Waals surface area contributed by atoms with E-state index in [1.165, 1.54) is 6.42 Å². The molecular weight excluding hydrogens is 350 g/mol. The third kappa shape index (κ3) is 3.84. The van der Waals surface area contributed by atoms with Gasteiger partial charge in [0, 0.05) is 11.1 Å². The number of nitrogens with zero attached hydrogens (tertiary/aromatic N) is 2. The molecule has 5 nitrogen and oxygen atoms in total. The fraction of sp³-hybridized carbons (Fsp3) is 0.348. The zero-order valence-corrected chi connectivity index (χ0v) is 16.5. The predicted molar refractivity (Wildman–Crippen MR) is 111 cm³/mol. The molecule has 4 rings (SSSR count). The summed E-state index contributed by atoms with van der Waals surface area (Å²) in [7, 11) is 0. The first kappa shape index (κ1) is 18.4. The van der Waals surface area contributed by atoms with Crippen molar-refractivity contribution < 1.29 is 9.21 Å². The SMILES string of the molecule is C[C@H]1C/C(=N/NC(=O)c2cc(-c3ccco3)nc3ccccc23)CC(C)(C)C1.